The average Bonchev–Trinajstić information content (AvgIpc) is 2.71. The normalized spacial score (nSPS) is 11.8. The van der Waals surface area contributed by atoms with Crippen LogP contribution in [0.25, 0.3) is 0 Å². The van der Waals surface area contributed by atoms with E-state index in [4.69, 9.17) is 0 Å². The summed E-state index contributed by atoms with van der Waals surface area (Å²) in [5, 5.41) is 12.1. The fourth-order valence-corrected chi connectivity index (χ4v) is 1.72. The summed E-state index contributed by atoms with van der Waals surface area (Å²) in [6, 6.07) is 9.27. The number of aromatic nitrogens is 2. The van der Waals surface area contributed by atoms with Crippen molar-refractivity contribution in [3.63, 3.8) is 0 Å². The molecule has 1 aromatic heterocycles. The lowest BCUT2D eigenvalue weighted by molar-refractivity contribution is -0.696. The van der Waals surface area contributed by atoms with Crippen molar-refractivity contribution in [2.24, 2.45) is 12.0 Å². The smallest absolute Gasteiger partial charge is 0.292 e. The molecule has 0 saturated carbocycles. The highest BCUT2D eigenvalue weighted by molar-refractivity contribution is 5.87. The second-order valence-corrected chi connectivity index (χ2v) is 3.77. The Morgan fingerprint density at radius 2 is 2.06 bits per heavy atom. The van der Waals surface area contributed by atoms with Crippen LogP contribution in [0.1, 0.15) is 12.7 Å². The van der Waals surface area contributed by atoms with Crippen LogP contribution in [0.5, 0.6) is 0 Å². The Hall–Kier alpha value is -2.10. The fraction of sp³-hybridized carbons (Fsp3) is 0.231. The minimum Gasteiger partial charge on any atom is -0.853 e. The summed E-state index contributed by atoms with van der Waals surface area (Å²) in [4.78, 5) is 4.09. The van der Waals surface area contributed by atoms with Gasteiger partial charge in [0.25, 0.3) is 5.82 Å². The Kier molecular flexibility index (Phi) is 3.23. The van der Waals surface area contributed by atoms with E-state index in [0.717, 1.165) is 6.54 Å². The second-order valence-electron chi connectivity index (χ2n) is 3.77. The van der Waals surface area contributed by atoms with Crippen LogP contribution < -0.4 is 9.67 Å². The molecule has 0 bridgehead atoms. The number of hydrogen-bond acceptors (Lipinski definition) is 2. The maximum absolute atomic E-state index is 12.1. The molecule has 2 rings (SSSR count). The third-order valence-electron chi connectivity index (χ3n) is 2.60. The van der Waals surface area contributed by atoms with Crippen LogP contribution in [-0.4, -0.2) is 10.5 Å². The van der Waals surface area contributed by atoms with Gasteiger partial charge in [-0.15, -0.1) is 0 Å². The number of aliphatic imine (C=N–C) groups is 1. The van der Waals surface area contributed by atoms with Gasteiger partial charge in [0, 0.05) is 0 Å². The van der Waals surface area contributed by atoms with Gasteiger partial charge in [-0.1, -0.05) is 18.2 Å². The van der Waals surface area contributed by atoms with E-state index in [1.165, 1.54) is 0 Å². The van der Waals surface area contributed by atoms with Crippen molar-refractivity contribution < 1.29 is 9.67 Å². The first kappa shape index (κ1) is 11.4. The largest absolute Gasteiger partial charge is 0.853 e. The van der Waals surface area contributed by atoms with Gasteiger partial charge in [-0.25, -0.2) is 9.13 Å². The number of hydrogen-bond donors (Lipinski definition) is 0. The van der Waals surface area contributed by atoms with Crippen molar-refractivity contribution in [3.8, 4) is 0 Å². The molecule has 2 aromatic rings. The lowest BCUT2D eigenvalue weighted by atomic mass is 10.3. The first-order valence-corrected chi connectivity index (χ1v) is 5.58. The number of benzene rings is 1. The zero-order chi connectivity index (χ0) is 12.3. The molecule has 0 fully saturated rings. The molecule has 0 aliphatic heterocycles. The molecule has 4 heteroatoms. The molecule has 0 radical (unpaired) electrons. The molecule has 0 unspecified atom stereocenters. The van der Waals surface area contributed by atoms with E-state index in [1.54, 1.807) is 4.57 Å². The maximum Gasteiger partial charge on any atom is 0.292 e. The van der Waals surface area contributed by atoms with Gasteiger partial charge in [-0.2, -0.15) is 0 Å². The van der Waals surface area contributed by atoms with Crippen LogP contribution in [0, 0.1) is 0 Å². The predicted octanol–water partition coefficient (Wildman–Crippen LogP) is 0.771. The van der Waals surface area contributed by atoms with E-state index in [1.807, 2.05) is 61.3 Å². The van der Waals surface area contributed by atoms with Gasteiger partial charge in [-0.05, 0) is 19.1 Å². The van der Waals surface area contributed by atoms with Gasteiger partial charge >= 0.3 is 0 Å². The standard InChI is InChI=1S/C13H15N3O/c1-3-16-10-9-15(2)13(16)12(17)14-11-7-5-4-6-8-11/h4-10H,3H2,1-2H3. The molecule has 4 nitrogen and oxygen atoms in total. The highest BCUT2D eigenvalue weighted by Gasteiger charge is 2.12. The summed E-state index contributed by atoms with van der Waals surface area (Å²) in [6.07, 6.45) is 3.74. The Balaban J connectivity index is 2.40. The summed E-state index contributed by atoms with van der Waals surface area (Å²) >= 11 is 0. The van der Waals surface area contributed by atoms with Crippen molar-refractivity contribution in [1.29, 1.82) is 0 Å². The Morgan fingerprint density at radius 3 is 2.71 bits per heavy atom. The van der Waals surface area contributed by atoms with E-state index in [9.17, 15) is 5.11 Å². The van der Waals surface area contributed by atoms with Crippen molar-refractivity contribution >= 4 is 11.6 Å². The molecule has 0 N–H and O–H groups in total. The minimum atomic E-state index is -0.217. The van der Waals surface area contributed by atoms with Gasteiger partial charge in [-0.3, -0.25) is 4.99 Å². The van der Waals surface area contributed by atoms with E-state index in [2.05, 4.69) is 4.99 Å². The van der Waals surface area contributed by atoms with Crippen molar-refractivity contribution in [1.82, 2.24) is 4.57 Å². The Bertz CT molecular complexity index is 529. The van der Waals surface area contributed by atoms with Crippen molar-refractivity contribution in [3.05, 3.63) is 48.5 Å². The monoisotopic (exact) mass is 229 g/mol. The Morgan fingerprint density at radius 1 is 1.35 bits per heavy atom. The van der Waals surface area contributed by atoms with Crippen molar-refractivity contribution in [2.75, 3.05) is 0 Å². The molecular weight excluding hydrogens is 214 g/mol. The van der Waals surface area contributed by atoms with Crippen LogP contribution >= 0.6 is 0 Å². The Labute approximate surface area is 100 Å². The highest BCUT2D eigenvalue weighted by Crippen LogP contribution is 2.10. The average molecular weight is 229 g/mol. The molecule has 0 amide bonds. The molecule has 0 aliphatic carbocycles. The first-order chi connectivity index (χ1) is 8.22. The summed E-state index contributed by atoms with van der Waals surface area (Å²) in [5.74, 6) is 0.377. The SMILES string of the molecule is CC[n+]1ccn(C)c1/C([O-])=N/c1ccccc1. The number of imidazole rings is 1. The molecule has 1 heterocycles. The zero-order valence-corrected chi connectivity index (χ0v) is 10.00. The fourth-order valence-electron chi connectivity index (χ4n) is 1.72. The van der Waals surface area contributed by atoms with Crippen LogP contribution in [0.15, 0.2) is 47.7 Å². The molecule has 17 heavy (non-hydrogen) atoms. The summed E-state index contributed by atoms with van der Waals surface area (Å²) in [5.41, 5.74) is 0.682. The van der Waals surface area contributed by atoms with Crippen LogP contribution in [0.4, 0.5) is 5.69 Å². The summed E-state index contributed by atoms with van der Waals surface area (Å²) < 4.78 is 3.67. The quantitative estimate of drug-likeness (QED) is 0.435. The lowest BCUT2D eigenvalue weighted by Gasteiger charge is -2.08. The van der Waals surface area contributed by atoms with Crippen LogP contribution in [0.2, 0.25) is 0 Å². The second kappa shape index (κ2) is 4.82. The molecule has 0 saturated heterocycles. The van der Waals surface area contributed by atoms with Crippen LogP contribution in [0.3, 0.4) is 0 Å². The van der Waals surface area contributed by atoms with Crippen molar-refractivity contribution in [2.45, 2.75) is 13.5 Å². The van der Waals surface area contributed by atoms with Gasteiger partial charge in [0.1, 0.15) is 12.4 Å². The van der Waals surface area contributed by atoms with Gasteiger partial charge < -0.3 is 5.11 Å². The first-order valence-electron chi connectivity index (χ1n) is 5.58. The third-order valence-corrected chi connectivity index (χ3v) is 2.60. The molecular formula is C13H15N3O. The van der Waals surface area contributed by atoms with E-state index < -0.39 is 0 Å². The molecule has 0 spiro atoms. The molecule has 0 aliphatic rings. The third kappa shape index (κ3) is 2.36. The molecule has 1 aromatic carbocycles. The molecule has 88 valence electrons. The van der Waals surface area contributed by atoms with E-state index in [-0.39, 0.29) is 5.90 Å². The zero-order valence-electron chi connectivity index (χ0n) is 10.00. The van der Waals surface area contributed by atoms with Gasteiger partial charge in [0.15, 0.2) is 0 Å². The van der Waals surface area contributed by atoms with E-state index in [0.29, 0.717) is 11.5 Å². The maximum atomic E-state index is 12.1. The highest BCUT2D eigenvalue weighted by atomic mass is 16.3. The summed E-state index contributed by atoms with van der Waals surface area (Å²) in [6.45, 7) is 2.76. The number of nitrogens with zero attached hydrogens (tertiary/aromatic N) is 3. The minimum absolute atomic E-state index is 0.217. The topological polar surface area (TPSA) is 44.2 Å². The van der Waals surface area contributed by atoms with Gasteiger partial charge in [0.05, 0.1) is 25.2 Å². The number of para-hydroxylation sites is 1. The number of rotatable bonds is 3. The molecule has 0 atom stereocenters. The van der Waals surface area contributed by atoms with Crippen LogP contribution in [-0.2, 0) is 13.6 Å². The predicted molar refractivity (Wildman–Crippen MR) is 63.9 cm³/mol. The summed E-state index contributed by atoms with van der Waals surface area (Å²) in [7, 11) is 1.85. The van der Waals surface area contributed by atoms with Gasteiger partial charge in [0.2, 0.25) is 0 Å². The lowest BCUT2D eigenvalue weighted by Crippen LogP contribution is -2.42. The number of aryl methyl sites for hydroxylation is 2. The van der Waals surface area contributed by atoms with E-state index >= 15 is 0 Å².